The van der Waals surface area contributed by atoms with Crippen molar-refractivity contribution in [2.75, 3.05) is 4.90 Å². The molecule has 0 spiro atoms. The fraction of sp³-hybridized carbons (Fsp3) is 0. The Morgan fingerprint density at radius 3 is 1.80 bits per heavy atom. The first-order valence-electron chi connectivity index (χ1n) is 15.8. The van der Waals surface area contributed by atoms with Gasteiger partial charge in [-0.15, -0.1) is 0 Å². The van der Waals surface area contributed by atoms with Crippen molar-refractivity contribution in [3.63, 3.8) is 0 Å². The minimum absolute atomic E-state index is 1.11. The van der Waals surface area contributed by atoms with Gasteiger partial charge in [-0.2, -0.15) is 0 Å². The van der Waals surface area contributed by atoms with Crippen molar-refractivity contribution in [3.8, 4) is 16.8 Å². The van der Waals surface area contributed by atoms with Crippen molar-refractivity contribution in [2.45, 2.75) is 0 Å². The second-order valence-electron chi connectivity index (χ2n) is 11.8. The average Bonchev–Trinajstić information content (AvgIpc) is 3.47. The zero-order valence-electron chi connectivity index (χ0n) is 25.2. The van der Waals surface area contributed by atoms with E-state index >= 15 is 0 Å². The Kier molecular flexibility index (Phi) is 6.17. The number of nitrogens with zero attached hydrogens (tertiary/aromatic N) is 2. The molecule has 1 heterocycles. The highest BCUT2D eigenvalue weighted by Gasteiger charge is 2.19. The maximum atomic E-state index is 2.43. The van der Waals surface area contributed by atoms with Crippen LogP contribution in [0.3, 0.4) is 0 Å². The molecule has 0 amide bonds. The van der Waals surface area contributed by atoms with Gasteiger partial charge in [0.2, 0.25) is 0 Å². The third-order valence-electron chi connectivity index (χ3n) is 9.11. The molecular weight excluding hydrogens is 556 g/mol. The lowest BCUT2D eigenvalue weighted by Crippen LogP contribution is -2.10. The largest absolute Gasteiger partial charge is 0.310 e. The van der Waals surface area contributed by atoms with Crippen LogP contribution in [0.4, 0.5) is 17.1 Å². The Labute approximate surface area is 268 Å². The summed E-state index contributed by atoms with van der Waals surface area (Å²) in [5.74, 6) is 0. The molecule has 0 bridgehead atoms. The maximum Gasteiger partial charge on any atom is 0.0547 e. The molecule has 0 fully saturated rings. The van der Waals surface area contributed by atoms with Crippen LogP contribution >= 0.6 is 0 Å². The quantitative estimate of drug-likeness (QED) is 0.195. The Morgan fingerprint density at radius 2 is 1.00 bits per heavy atom. The number of anilines is 3. The van der Waals surface area contributed by atoms with Crippen LogP contribution in [0.15, 0.2) is 182 Å². The molecule has 8 aromatic carbocycles. The number of hydrogen-bond donors (Lipinski definition) is 0. The lowest BCUT2D eigenvalue weighted by molar-refractivity contribution is 1.17. The van der Waals surface area contributed by atoms with E-state index in [1.807, 2.05) is 0 Å². The number of hydrogen-bond acceptors (Lipinski definition) is 1. The van der Waals surface area contributed by atoms with Crippen LogP contribution in [0, 0.1) is 0 Å². The van der Waals surface area contributed by atoms with Crippen LogP contribution in [-0.2, 0) is 0 Å². The third kappa shape index (κ3) is 4.27. The van der Waals surface area contributed by atoms with Gasteiger partial charge in [-0.3, -0.25) is 0 Å². The average molecular weight is 587 g/mol. The molecule has 1 aromatic heterocycles. The van der Waals surface area contributed by atoms with E-state index in [1.165, 1.54) is 54.5 Å². The fourth-order valence-corrected chi connectivity index (χ4v) is 7.09. The minimum Gasteiger partial charge on any atom is -0.310 e. The molecule has 0 aliphatic rings. The molecule has 0 saturated heterocycles. The van der Waals surface area contributed by atoms with E-state index in [9.17, 15) is 0 Å². The van der Waals surface area contributed by atoms with Crippen molar-refractivity contribution in [3.05, 3.63) is 182 Å². The van der Waals surface area contributed by atoms with Crippen LogP contribution in [0.1, 0.15) is 0 Å². The summed E-state index contributed by atoms with van der Waals surface area (Å²) in [6, 6.07) is 65.6. The predicted octanol–water partition coefficient (Wildman–Crippen LogP) is 12.2. The Morgan fingerprint density at radius 1 is 0.370 bits per heavy atom. The number of benzene rings is 8. The third-order valence-corrected chi connectivity index (χ3v) is 9.11. The van der Waals surface area contributed by atoms with Crippen LogP contribution in [-0.4, -0.2) is 4.57 Å². The zero-order chi connectivity index (χ0) is 30.5. The smallest absolute Gasteiger partial charge is 0.0547 e. The van der Waals surface area contributed by atoms with Gasteiger partial charge in [0.05, 0.1) is 11.0 Å². The van der Waals surface area contributed by atoms with Gasteiger partial charge in [-0.25, -0.2) is 0 Å². The van der Waals surface area contributed by atoms with Crippen molar-refractivity contribution >= 4 is 60.4 Å². The predicted molar refractivity (Wildman–Crippen MR) is 196 cm³/mol. The second-order valence-corrected chi connectivity index (χ2v) is 11.8. The van der Waals surface area contributed by atoms with Gasteiger partial charge in [0.25, 0.3) is 0 Å². The van der Waals surface area contributed by atoms with E-state index in [0.717, 1.165) is 22.7 Å². The monoisotopic (exact) mass is 586 g/mol. The van der Waals surface area contributed by atoms with Crippen molar-refractivity contribution in [2.24, 2.45) is 0 Å². The topological polar surface area (TPSA) is 8.17 Å². The first kappa shape index (κ1) is 26.3. The van der Waals surface area contributed by atoms with Gasteiger partial charge >= 0.3 is 0 Å². The number of rotatable bonds is 5. The summed E-state index contributed by atoms with van der Waals surface area (Å²) in [6.07, 6.45) is 0. The number of para-hydroxylation sites is 3. The lowest BCUT2D eigenvalue weighted by Gasteiger charge is -2.26. The summed E-state index contributed by atoms with van der Waals surface area (Å²) in [5, 5.41) is 7.58. The van der Waals surface area contributed by atoms with E-state index in [-0.39, 0.29) is 0 Å². The number of fused-ring (bicyclic) bond motifs is 6. The van der Waals surface area contributed by atoms with Gasteiger partial charge in [-0.05, 0) is 93.3 Å². The van der Waals surface area contributed by atoms with Crippen LogP contribution in [0.2, 0.25) is 0 Å². The van der Waals surface area contributed by atoms with E-state index in [4.69, 9.17) is 0 Å². The molecule has 0 N–H and O–H groups in total. The lowest BCUT2D eigenvalue weighted by atomic mass is 9.93. The highest BCUT2D eigenvalue weighted by molar-refractivity contribution is 6.25. The molecule has 0 atom stereocenters. The summed E-state index contributed by atoms with van der Waals surface area (Å²) >= 11 is 0. The Bertz CT molecular complexity index is 2490. The number of aromatic nitrogens is 1. The SMILES string of the molecule is c1ccc(N(c2ccccc2)c2cccc(-n3c4ccccc4c4c5c(-c6ccc7ccccc7c6)cccc5ccc43)c2)cc1. The van der Waals surface area contributed by atoms with E-state index in [1.54, 1.807) is 0 Å². The van der Waals surface area contributed by atoms with E-state index in [0.29, 0.717) is 0 Å². The van der Waals surface area contributed by atoms with E-state index < -0.39 is 0 Å². The standard InChI is InChI=1S/C44H30N2/c1-3-16-35(17-4-1)45(36-18-5-2-6-19-36)37-20-12-21-38(30-37)46-41-24-10-9-22-40(41)44-42(46)28-27-32-15-11-23-39(43(32)44)34-26-25-31-13-7-8-14-33(31)29-34/h1-30H. The molecule has 0 aliphatic heterocycles. The van der Waals surface area contributed by atoms with Crippen molar-refractivity contribution in [1.82, 2.24) is 4.57 Å². The summed E-state index contributed by atoms with van der Waals surface area (Å²) in [4.78, 5) is 2.32. The van der Waals surface area contributed by atoms with Crippen molar-refractivity contribution < 1.29 is 0 Å². The van der Waals surface area contributed by atoms with Crippen LogP contribution in [0.5, 0.6) is 0 Å². The molecule has 2 heteroatoms. The molecule has 9 rings (SSSR count). The summed E-state index contributed by atoms with van der Waals surface area (Å²) < 4.78 is 2.43. The highest BCUT2D eigenvalue weighted by Crippen LogP contribution is 2.42. The first-order chi connectivity index (χ1) is 22.8. The second kappa shape index (κ2) is 10.8. The summed E-state index contributed by atoms with van der Waals surface area (Å²) in [6.45, 7) is 0. The Balaban J connectivity index is 1.30. The minimum atomic E-state index is 1.11. The van der Waals surface area contributed by atoms with E-state index in [2.05, 4.69) is 191 Å². The fourth-order valence-electron chi connectivity index (χ4n) is 7.09. The summed E-state index contributed by atoms with van der Waals surface area (Å²) in [5.41, 5.74) is 9.37. The molecule has 0 unspecified atom stereocenters. The maximum absolute atomic E-state index is 2.43. The molecule has 0 radical (unpaired) electrons. The van der Waals surface area contributed by atoms with Gasteiger partial charge in [0, 0.05) is 33.5 Å². The van der Waals surface area contributed by atoms with Gasteiger partial charge in [-0.1, -0.05) is 121 Å². The van der Waals surface area contributed by atoms with Crippen LogP contribution < -0.4 is 4.90 Å². The van der Waals surface area contributed by atoms with Gasteiger partial charge in [0.15, 0.2) is 0 Å². The Hall–Kier alpha value is -6.12. The first-order valence-corrected chi connectivity index (χ1v) is 15.8. The van der Waals surface area contributed by atoms with Gasteiger partial charge < -0.3 is 9.47 Å². The zero-order valence-corrected chi connectivity index (χ0v) is 25.2. The normalized spacial score (nSPS) is 11.5. The van der Waals surface area contributed by atoms with Crippen molar-refractivity contribution in [1.29, 1.82) is 0 Å². The molecule has 0 saturated carbocycles. The highest BCUT2D eigenvalue weighted by atomic mass is 15.1. The molecule has 46 heavy (non-hydrogen) atoms. The van der Waals surface area contributed by atoms with Crippen LogP contribution in [0.25, 0.3) is 60.2 Å². The molecule has 9 aromatic rings. The molecule has 0 aliphatic carbocycles. The molecule has 216 valence electrons. The molecular formula is C44H30N2. The van der Waals surface area contributed by atoms with Gasteiger partial charge in [0.1, 0.15) is 0 Å². The summed E-state index contributed by atoms with van der Waals surface area (Å²) in [7, 11) is 0. The molecule has 2 nitrogen and oxygen atoms in total.